The third kappa shape index (κ3) is 3.86. The minimum absolute atomic E-state index is 0.0152. The van der Waals surface area contributed by atoms with Gasteiger partial charge in [0.25, 0.3) is 0 Å². The van der Waals surface area contributed by atoms with E-state index in [4.69, 9.17) is 0 Å². The van der Waals surface area contributed by atoms with Gasteiger partial charge in [-0.3, -0.25) is 10.1 Å². The Kier molecular flexibility index (Phi) is 6.24. The Hall–Kier alpha value is -0.870. The summed E-state index contributed by atoms with van der Waals surface area (Å²) in [5, 5.41) is 7.76. The summed E-state index contributed by atoms with van der Waals surface area (Å²) in [4.78, 5) is 14.7. The third-order valence-electron chi connectivity index (χ3n) is 4.52. The monoisotopic (exact) mass is 308 g/mol. The summed E-state index contributed by atoms with van der Waals surface area (Å²) in [7, 11) is 0. The summed E-state index contributed by atoms with van der Waals surface area (Å²) < 4.78 is 0. The molecule has 2 heterocycles. The molecule has 1 aromatic rings. The molecule has 0 radical (unpaired) electrons. The number of nitrogens with zero attached hydrogens (tertiary/aromatic N) is 1. The minimum Gasteiger partial charge on any atom is -0.321 e. The van der Waals surface area contributed by atoms with Gasteiger partial charge < -0.3 is 4.90 Å². The smallest absolute Gasteiger partial charge is 0.241 e. The molecule has 3 nitrogen and oxygen atoms in total. The van der Waals surface area contributed by atoms with E-state index in [1.165, 1.54) is 24.8 Å². The van der Waals surface area contributed by atoms with E-state index in [1.54, 1.807) is 11.3 Å². The number of nitrogens with one attached hydrogen (secondary N) is 1. The highest BCUT2D eigenvalue weighted by molar-refractivity contribution is 7.07. The number of hydrogen-bond acceptors (Lipinski definition) is 3. The predicted octanol–water partition coefficient (Wildman–Crippen LogP) is 4.17. The zero-order valence-electron chi connectivity index (χ0n) is 13.5. The first-order chi connectivity index (χ1) is 10.2. The van der Waals surface area contributed by atoms with Crippen LogP contribution in [-0.2, 0) is 4.79 Å². The molecule has 3 unspecified atom stereocenters. The average Bonchev–Trinajstić information content (AvgIpc) is 3.12. The van der Waals surface area contributed by atoms with Crippen LogP contribution < -0.4 is 5.32 Å². The van der Waals surface area contributed by atoms with E-state index in [9.17, 15) is 4.79 Å². The molecule has 0 aromatic carbocycles. The van der Waals surface area contributed by atoms with Crippen LogP contribution in [0.5, 0.6) is 0 Å². The van der Waals surface area contributed by atoms with Gasteiger partial charge in [0.2, 0.25) is 5.91 Å². The molecule has 1 aromatic heterocycles. The van der Waals surface area contributed by atoms with Gasteiger partial charge in [-0.2, -0.15) is 11.3 Å². The van der Waals surface area contributed by atoms with Gasteiger partial charge in [0, 0.05) is 6.54 Å². The summed E-state index contributed by atoms with van der Waals surface area (Å²) in [6.07, 6.45) is 5.80. The summed E-state index contributed by atoms with van der Waals surface area (Å²) in [5.74, 6) is 0.899. The molecule has 0 spiro atoms. The van der Waals surface area contributed by atoms with Gasteiger partial charge in [-0.15, -0.1) is 0 Å². The van der Waals surface area contributed by atoms with Crippen LogP contribution in [0.3, 0.4) is 0 Å². The highest BCUT2D eigenvalue weighted by atomic mass is 32.1. The van der Waals surface area contributed by atoms with Gasteiger partial charge in [-0.25, -0.2) is 0 Å². The molecule has 1 fully saturated rings. The molecular weight excluding hydrogens is 280 g/mol. The van der Waals surface area contributed by atoms with Crippen molar-refractivity contribution in [3.63, 3.8) is 0 Å². The fourth-order valence-corrected chi connectivity index (χ4v) is 3.75. The van der Waals surface area contributed by atoms with Crippen molar-refractivity contribution >= 4 is 17.2 Å². The first-order valence-corrected chi connectivity index (χ1v) is 9.24. The molecule has 1 N–H and O–H groups in total. The molecule has 21 heavy (non-hydrogen) atoms. The maximum atomic E-state index is 12.6. The molecule has 3 atom stereocenters. The number of carbonyl (C=O) groups is 1. The lowest BCUT2D eigenvalue weighted by molar-refractivity contribution is -0.130. The number of rotatable bonds is 8. The summed E-state index contributed by atoms with van der Waals surface area (Å²) in [6.45, 7) is 7.44. The fraction of sp³-hybridized carbons (Fsp3) is 0.706. The Morgan fingerprint density at radius 2 is 2.19 bits per heavy atom. The molecule has 1 saturated heterocycles. The Bertz CT molecular complexity index is 432. The lowest BCUT2D eigenvalue weighted by Gasteiger charge is -2.28. The van der Waals surface area contributed by atoms with Crippen molar-refractivity contribution in [1.82, 2.24) is 10.2 Å². The van der Waals surface area contributed by atoms with E-state index >= 15 is 0 Å². The van der Waals surface area contributed by atoms with Gasteiger partial charge >= 0.3 is 0 Å². The number of thiophene rings is 1. The van der Waals surface area contributed by atoms with E-state index in [-0.39, 0.29) is 18.1 Å². The molecular formula is C17H28N2OS. The van der Waals surface area contributed by atoms with Gasteiger partial charge in [0.15, 0.2) is 0 Å². The van der Waals surface area contributed by atoms with Crippen LogP contribution in [0.15, 0.2) is 16.8 Å². The SMILES string of the molecule is CCCCC(CC)CN1C(=O)C(CC)NC1c1ccsc1. The van der Waals surface area contributed by atoms with Crippen molar-refractivity contribution in [2.24, 2.45) is 5.92 Å². The number of carbonyl (C=O) groups excluding carboxylic acids is 1. The van der Waals surface area contributed by atoms with Crippen LogP contribution in [0.2, 0.25) is 0 Å². The molecule has 0 aliphatic carbocycles. The number of hydrogen-bond donors (Lipinski definition) is 1. The molecule has 0 bridgehead atoms. The standard InChI is InChI=1S/C17H28N2OS/c1-4-7-8-13(5-2)11-19-16(14-9-10-21-12-14)18-15(6-3)17(19)20/h9-10,12-13,15-16,18H,4-8,11H2,1-3H3. The van der Waals surface area contributed by atoms with Crippen molar-refractivity contribution in [2.45, 2.75) is 65.1 Å². The Balaban J connectivity index is 2.10. The summed E-state index contributed by atoms with van der Waals surface area (Å²) in [5.41, 5.74) is 1.23. The van der Waals surface area contributed by atoms with Crippen molar-refractivity contribution in [3.8, 4) is 0 Å². The Morgan fingerprint density at radius 1 is 1.38 bits per heavy atom. The van der Waals surface area contributed by atoms with E-state index in [0.717, 1.165) is 19.4 Å². The number of unbranched alkanes of at least 4 members (excludes halogenated alkanes) is 1. The van der Waals surface area contributed by atoms with Crippen molar-refractivity contribution in [1.29, 1.82) is 0 Å². The van der Waals surface area contributed by atoms with Crippen molar-refractivity contribution in [3.05, 3.63) is 22.4 Å². The minimum atomic E-state index is -0.0152. The first kappa shape index (κ1) is 16.5. The Morgan fingerprint density at radius 3 is 2.76 bits per heavy atom. The topological polar surface area (TPSA) is 32.3 Å². The first-order valence-electron chi connectivity index (χ1n) is 8.29. The summed E-state index contributed by atoms with van der Waals surface area (Å²) in [6, 6.07) is 2.12. The van der Waals surface area contributed by atoms with Crippen LogP contribution in [0.4, 0.5) is 0 Å². The van der Waals surface area contributed by atoms with Crippen molar-refractivity contribution in [2.75, 3.05) is 6.54 Å². The average molecular weight is 308 g/mol. The Labute approximate surface area is 132 Å². The molecule has 1 aliphatic rings. The van der Waals surface area contributed by atoms with Crippen LogP contribution >= 0.6 is 11.3 Å². The van der Waals surface area contributed by atoms with Gasteiger partial charge in [0.1, 0.15) is 6.17 Å². The normalized spacial score (nSPS) is 23.8. The van der Waals surface area contributed by atoms with Crippen LogP contribution in [0, 0.1) is 5.92 Å². The second-order valence-corrected chi connectivity index (χ2v) is 6.77. The largest absolute Gasteiger partial charge is 0.321 e. The van der Waals surface area contributed by atoms with E-state index in [1.807, 2.05) is 0 Å². The van der Waals surface area contributed by atoms with Crippen LogP contribution in [0.1, 0.15) is 64.6 Å². The van der Waals surface area contributed by atoms with Gasteiger partial charge in [-0.05, 0) is 41.1 Å². The maximum absolute atomic E-state index is 12.6. The molecule has 0 saturated carbocycles. The molecule has 1 amide bonds. The third-order valence-corrected chi connectivity index (χ3v) is 5.22. The van der Waals surface area contributed by atoms with E-state index in [2.05, 4.69) is 47.8 Å². The zero-order chi connectivity index (χ0) is 15.2. The highest BCUT2D eigenvalue weighted by Gasteiger charge is 2.39. The fourth-order valence-electron chi connectivity index (χ4n) is 3.07. The van der Waals surface area contributed by atoms with Gasteiger partial charge in [0.05, 0.1) is 6.04 Å². The second-order valence-electron chi connectivity index (χ2n) is 5.99. The van der Waals surface area contributed by atoms with Crippen LogP contribution in [-0.4, -0.2) is 23.4 Å². The molecule has 4 heteroatoms. The van der Waals surface area contributed by atoms with Crippen LogP contribution in [0.25, 0.3) is 0 Å². The van der Waals surface area contributed by atoms with E-state index in [0.29, 0.717) is 5.92 Å². The lowest BCUT2D eigenvalue weighted by Crippen LogP contribution is -2.35. The molecule has 118 valence electrons. The maximum Gasteiger partial charge on any atom is 0.241 e. The highest BCUT2D eigenvalue weighted by Crippen LogP contribution is 2.30. The molecule has 2 rings (SSSR count). The lowest BCUT2D eigenvalue weighted by atomic mass is 9.98. The molecule has 1 aliphatic heterocycles. The van der Waals surface area contributed by atoms with Crippen molar-refractivity contribution < 1.29 is 4.79 Å². The zero-order valence-corrected chi connectivity index (χ0v) is 14.3. The summed E-state index contributed by atoms with van der Waals surface area (Å²) >= 11 is 1.70. The predicted molar refractivity (Wildman–Crippen MR) is 89.3 cm³/mol. The number of amides is 1. The second kappa shape index (κ2) is 7.95. The quantitative estimate of drug-likeness (QED) is 0.781. The van der Waals surface area contributed by atoms with Gasteiger partial charge in [-0.1, -0.05) is 40.0 Å². The van der Waals surface area contributed by atoms with E-state index < -0.39 is 0 Å².